The fraction of sp³-hybridized carbons (Fsp3) is 0.375. The van der Waals surface area contributed by atoms with Crippen LogP contribution in [0.1, 0.15) is 29.5 Å². The van der Waals surface area contributed by atoms with E-state index >= 15 is 0 Å². The molecule has 0 saturated carbocycles. The molecule has 2 amide bonds. The molecule has 0 bridgehead atoms. The molecule has 1 fully saturated rings. The molecule has 188 valence electrons. The van der Waals surface area contributed by atoms with Crippen LogP contribution >= 0.6 is 0 Å². The number of nitrogens with one attached hydrogen (secondary N) is 1. The Morgan fingerprint density at radius 3 is 2.46 bits per heavy atom. The maximum absolute atomic E-state index is 13.6. The van der Waals surface area contributed by atoms with Crippen molar-refractivity contribution in [2.24, 2.45) is 0 Å². The number of methoxy groups -OCH3 is 1. The molecule has 0 spiro atoms. The molecule has 0 aromatic heterocycles. The Morgan fingerprint density at radius 2 is 1.86 bits per heavy atom. The largest absolute Gasteiger partial charge is 0.496 e. The molecule has 0 radical (unpaired) electrons. The van der Waals surface area contributed by atoms with Gasteiger partial charge in [-0.3, -0.25) is 9.59 Å². The molecule has 1 aliphatic heterocycles. The topological polar surface area (TPSA) is 116 Å². The number of hydrogen-bond donors (Lipinski definition) is 3. The maximum atomic E-state index is 13.6. The number of hydrogen-bond acceptors (Lipinski definition) is 5. The number of aliphatic hydroxyl groups excluding tert-OH is 1. The zero-order valence-electron chi connectivity index (χ0n) is 18.8. The molecule has 11 heteroatoms. The summed E-state index contributed by atoms with van der Waals surface area (Å²) >= 11 is 0. The summed E-state index contributed by atoms with van der Waals surface area (Å²) in [6.07, 6.45) is -6.69. The van der Waals surface area contributed by atoms with Crippen LogP contribution in [0.15, 0.2) is 48.5 Å². The first kappa shape index (κ1) is 26.0. The molecule has 2 aromatic carbocycles. The van der Waals surface area contributed by atoms with Crippen molar-refractivity contribution in [1.82, 2.24) is 10.2 Å². The number of rotatable bonds is 9. The minimum Gasteiger partial charge on any atom is -0.496 e. The smallest absolute Gasteiger partial charge is 0.416 e. The van der Waals surface area contributed by atoms with Gasteiger partial charge in [-0.2, -0.15) is 13.2 Å². The van der Waals surface area contributed by atoms with Crippen molar-refractivity contribution < 1.29 is 42.5 Å². The first-order chi connectivity index (χ1) is 16.5. The number of nitrogens with zero attached hydrogens (tertiary/aromatic N) is 1. The lowest BCUT2D eigenvalue weighted by atomic mass is 10.0. The number of amides is 2. The van der Waals surface area contributed by atoms with E-state index in [9.17, 15) is 37.8 Å². The average Bonchev–Trinajstić information content (AvgIpc) is 3.18. The summed E-state index contributed by atoms with van der Waals surface area (Å²) in [6, 6.07) is 9.58. The van der Waals surface area contributed by atoms with Gasteiger partial charge in [0, 0.05) is 12.0 Å². The fourth-order valence-corrected chi connectivity index (χ4v) is 4.12. The number of likely N-dealkylation sites (tertiary alicyclic amines) is 1. The van der Waals surface area contributed by atoms with Crippen molar-refractivity contribution in [3.05, 3.63) is 65.2 Å². The minimum absolute atomic E-state index is 0.00849. The van der Waals surface area contributed by atoms with Crippen molar-refractivity contribution in [3.63, 3.8) is 0 Å². The number of carbonyl (C=O) groups excluding carboxylic acids is 2. The van der Waals surface area contributed by atoms with Gasteiger partial charge in [0.2, 0.25) is 11.8 Å². The van der Waals surface area contributed by atoms with E-state index < -0.39 is 54.3 Å². The van der Waals surface area contributed by atoms with Gasteiger partial charge >= 0.3 is 12.1 Å². The lowest BCUT2D eigenvalue weighted by Crippen LogP contribution is -2.53. The van der Waals surface area contributed by atoms with Gasteiger partial charge in [-0.1, -0.05) is 36.4 Å². The standard InChI is InChI=1S/C24H25F3N2O6/c1-35-19-9-5-8-16(24(25,26)27)15(19)13-29-18(10-11-20(29)30)22(32)28-17(21(31)23(33)34)12-14-6-3-2-4-7-14/h2-9,17-18,21,31H,10-13H2,1H3,(H,28,32)(H,33,34). The van der Waals surface area contributed by atoms with Gasteiger partial charge in [-0.05, 0) is 30.5 Å². The van der Waals surface area contributed by atoms with Crippen molar-refractivity contribution >= 4 is 17.8 Å². The molecule has 2 aromatic rings. The highest BCUT2D eigenvalue weighted by Gasteiger charge is 2.41. The highest BCUT2D eigenvalue weighted by Crippen LogP contribution is 2.37. The van der Waals surface area contributed by atoms with Crippen LogP contribution in [0.2, 0.25) is 0 Å². The van der Waals surface area contributed by atoms with Crippen LogP contribution in [-0.4, -0.2) is 58.2 Å². The predicted molar refractivity (Wildman–Crippen MR) is 117 cm³/mol. The molecular weight excluding hydrogens is 469 g/mol. The van der Waals surface area contributed by atoms with Gasteiger partial charge < -0.3 is 25.2 Å². The Kier molecular flexibility index (Phi) is 8.00. The monoisotopic (exact) mass is 494 g/mol. The molecule has 8 nitrogen and oxygen atoms in total. The lowest BCUT2D eigenvalue weighted by Gasteiger charge is -2.29. The summed E-state index contributed by atoms with van der Waals surface area (Å²) < 4.78 is 45.9. The quantitative estimate of drug-likeness (QED) is 0.493. The number of ether oxygens (including phenoxy) is 1. The molecule has 1 saturated heterocycles. The van der Waals surface area contributed by atoms with E-state index in [4.69, 9.17) is 4.74 Å². The lowest BCUT2D eigenvalue weighted by molar-refractivity contribution is -0.149. The van der Waals surface area contributed by atoms with E-state index in [0.717, 1.165) is 11.0 Å². The van der Waals surface area contributed by atoms with Crippen LogP contribution in [0, 0.1) is 0 Å². The van der Waals surface area contributed by atoms with E-state index in [-0.39, 0.29) is 30.6 Å². The molecule has 3 unspecified atom stereocenters. The van der Waals surface area contributed by atoms with Crippen molar-refractivity contribution in [2.45, 2.75) is 50.2 Å². The first-order valence-electron chi connectivity index (χ1n) is 10.8. The normalized spacial score (nSPS) is 17.7. The van der Waals surface area contributed by atoms with Crippen molar-refractivity contribution in [1.29, 1.82) is 0 Å². The molecule has 1 aliphatic rings. The molecule has 3 rings (SSSR count). The van der Waals surface area contributed by atoms with Crippen molar-refractivity contribution in [3.8, 4) is 5.75 Å². The van der Waals surface area contributed by atoms with E-state index in [1.165, 1.54) is 19.2 Å². The molecule has 1 heterocycles. The maximum Gasteiger partial charge on any atom is 0.416 e. The van der Waals surface area contributed by atoms with Gasteiger partial charge in [0.25, 0.3) is 0 Å². The Hall–Kier alpha value is -3.60. The van der Waals surface area contributed by atoms with Crippen LogP contribution in [0.3, 0.4) is 0 Å². The number of alkyl halides is 3. The third kappa shape index (κ3) is 6.10. The van der Waals surface area contributed by atoms with Crippen LogP contribution in [-0.2, 0) is 33.5 Å². The van der Waals surface area contributed by atoms with Gasteiger partial charge in [0.05, 0.1) is 25.3 Å². The van der Waals surface area contributed by atoms with E-state index in [1.54, 1.807) is 30.3 Å². The first-order valence-corrected chi connectivity index (χ1v) is 10.8. The van der Waals surface area contributed by atoms with E-state index in [1.807, 2.05) is 0 Å². The predicted octanol–water partition coefficient (Wildman–Crippen LogP) is 2.38. The summed E-state index contributed by atoms with van der Waals surface area (Å²) in [5.74, 6) is -2.92. The average molecular weight is 494 g/mol. The second kappa shape index (κ2) is 10.8. The second-order valence-electron chi connectivity index (χ2n) is 8.15. The SMILES string of the molecule is COc1cccc(C(F)(F)F)c1CN1C(=O)CCC1C(=O)NC(Cc1ccccc1)C(O)C(=O)O. The Morgan fingerprint density at radius 1 is 1.17 bits per heavy atom. The van der Waals surface area contributed by atoms with Gasteiger partial charge in [0.1, 0.15) is 11.8 Å². The molecule has 0 aliphatic carbocycles. The number of benzene rings is 2. The summed E-state index contributed by atoms with van der Waals surface area (Å²) in [5.41, 5.74) is -0.623. The van der Waals surface area contributed by atoms with Crippen LogP contribution in [0.25, 0.3) is 0 Å². The number of carboxylic acids is 1. The van der Waals surface area contributed by atoms with Crippen LogP contribution in [0.5, 0.6) is 5.75 Å². The molecular formula is C24H25F3N2O6. The van der Waals surface area contributed by atoms with Gasteiger partial charge in [-0.25, -0.2) is 4.79 Å². The number of halogens is 3. The number of aliphatic hydroxyl groups is 1. The number of carbonyl (C=O) groups is 3. The zero-order chi connectivity index (χ0) is 25.8. The molecule has 35 heavy (non-hydrogen) atoms. The molecule has 3 atom stereocenters. The molecule has 3 N–H and O–H groups in total. The van der Waals surface area contributed by atoms with Crippen LogP contribution in [0.4, 0.5) is 13.2 Å². The fourth-order valence-electron chi connectivity index (χ4n) is 4.12. The Labute approximate surface area is 199 Å². The minimum atomic E-state index is -4.71. The summed E-state index contributed by atoms with van der Waals surface area (Å²) in [4.78, 5) is 38.1. The third-order valence-electron chi connectivity index (χ3n) is 5.88. The van der Waals surface area contributed by atoms with Crippen LogP contribution < -0.4 is 10.1 Å². The Balaban J connectivity index is 1.86. The zero-order valence-corrected chi connectivity index (χ0v) is 18.8. The summed E-state index contributed by atoms with van der Waals surface area (Å²) in [5, 5.41) is 21.9. The van der Waals surface area contributed by atoms with Gasteiger partial charge in [-0.15, -0.1) is 0 Å². The van der Waals surface area contributed by atoms with Crippen molar-refractivity contribution in [2.75, 3.05) is 7.11 Å². The van der Waals surface area contributed by atoms with E-state index in [2.05, 4.69) is 5.32 Å². The highest BCUT2D eigenvalue weighted by molar-refractivity contribution is 5.91. The van der Waals surface area contributed by atoms with Gasteiger partial charge in [0.15, 0.2) is 6.10 Å². The van der Waals surface area contributed by atoms with E-state index in [0.29, 0.717) is 5.56 Å². The number of carboxylic acid groups (broad SMARTS) is 1. The second-order valence-corrected chi connectivity index (χ2v) is 8.15. The third-order valence-corrected chi connectivity index (χ3v) is 5.88. The Bertz CT molecular complexity index is 1080. The number of aliphatic carboxylic acids is 1. The summed E-state index contributed by atoms with van der Waals surface area (Å²) in [7, 11) is 1.20. The highest BCUT2D eigenvalue weighted by atomic mass is 19.4. The summed E-state index contributed by atoms with van der Waals surface area (Å²) in [6.45, 7) is -0.527.